The van der Waals surface area contributed by atoms with Crippen LogP contribution in [0.15, 0.2) is 36.9 Å². The second kappa shape index (κ2) is 6.52. The van der Waals surface area contributed by atoms with Gasteiger partial charge in [0.05, 0.1) is 5.52 Å². The molecule has 0 aliphatic heterocycles. The Morgan fingerprint density at radius 3 is 2.64 bits per heavy atom. The van der Waals surface area contributed by atoms with E-state index in [-0.39, 0.29) is 0 Å². The van der Waals surface area contributed by atoms with Gasteiger partial charge < -0.3 is 5.32 Å². The molecule has 3 rings (SSSR count). The van der Waals surface area contributed by atoms with Gasteiger partial charge in [0, 0.05) is 34.7 Å². The second-order valence-electron chi connectivity index (χ2n) is 4.58. The van der Waals surface area contributed by atoms with Gasteiger partial charge in [0.2, 0.25) is 5.82 Å². The van der Waals surface area contributed by atoms with Gasteiger partial charge in [-0.05, 0) is 12.1 Å². The Kier molecular flexibility index (Phi) is 4.29. The zero-order valence-electron chi connectivity index (χ0n) is 11.9. The highest BCUT2D eigenvalue weighted by molar-refractivity contribution is 7.84. The zero-order chi connectivity index (χ0) is 15.4. The highest BCUT2D eigenvalue weighted by Crippen LogP contribution is 2.22. The third-order valence-corrected chi connectivity index (χ3v) is 3.76. The predicted molar refractivity (Wildman–Crippen MR) is 85.8 cm³/mol. The third-order valence-electron chi connectivity index (χ3n) is 2.98. The molecular weight excluding hydrogens is 300 g/mol. The number of rotatable bonds is 5. The minimum Gasteiger partial charge on any atom is -0.369 e. The largest absolute Gasteiger partial charge is 0.369 e. The van der Waals surface area contributed by atoms with Crippen molar-refractivity contribution in [3.05, 3.63) is 36.9 Å². The Morgan fingerprint density at radius 2 is 1.86 bits per heavy atom. The van der Waals surface area contributed by atoms with Crippen LogP contribution in [-0.4, -0.2) is 47.7 Å². The van der Waals surface area contributed by atoms with Gasteiger partial charge in [0.1, 0.15) is 18.5 Å². The first-order chi connectivity index (χ1) is 10.7. The molecule has 8 heteroatoms. The first kappa shape index (κ1) is 14.5. The molecule has 1 aromatic carbocycles. The molecule has 0 radical (unpaired) electrons. The van der Waals surface area contributed by atoms with Crippen LogP contribution < -0.4 is 5.32 Å². The maximum absolute atomic E-state index is 11.2. The molecule has 0 amide bonds. The average Bonchev–Trinajstić information content (AvgIpc) is 2.55. The van der Waals surface area contributed by atoms with Gasteiger partial charge in [-0.1, -0.05) is 12.1 Å². The molecule has 0 saturated carbocycles. The van der Waals surface area contributed by atoms with Crippen LogP contribution in [0.5, 0.6) is 0 Å². The van der Waals surface area contributed by atoms with Crippen LogP contribution in [0.3, 0.4) is 0 Å². The molecule has 112 valence electrons. The molecule has 1 N–H and O–H groups in total. The van der Waals surface area contributed by atoms with Crippen LogP contribution in [-0.2, 0) is 10.8 Å². The molecular formula is C14H14N6OS. The third kappa shape index (κ3) is 3.22. The molecule has 0 fully saturated rings. The van der Waals surface area contributed by atoms with Crippen molar-refractivity contribution in [2.75, 3.05) is 23.9 Å². The lowest BCUT2D eigenvalue weighted by atomic mass is 10.2. The van der Waals surface area contributed by atoms with Crippen LogP contribution in [0.25, 0.3) is 22.6 Å². The lowest BCUT2D eigenvalue weighted by Crippen LogP contribution is -2.12. The van der Waals surface area contributed by atoms with Gasteiger partial charge in [-0.25, -0.2) is 24.9 Å². The fourth-order valence-corrected chi connectivity index (χ4v) is 2.37. The quantitative estimate of drug-likeness (QED) is 0.758. The normalized spacial score (nSPS) is 12.2. The number of hydrogen-bond acceptors (Lipinski definition) is 7. The molecule has 7 nitrogen and oxygen atoms in total. The van der Waals surface area contributed by atoms with E-state index in [1.165, 1.54) is 12.7 Å². The van der Waals surface area contributed by atoms with Gasteiger partial charge in [-0.15, -0.1) is 0 Å². The highest BCUT2D eigenvalue weighted by atomic mass is 32.2. The van der Waals surface area contributed by atoms with Crippen molar-refractivity contribution in [2.45, 2.75) is 0 Å². The molecule has 22 heavy (non-hydrogen) atoms. The maximum atomic E-state index is 11.2. The summed E-state index contributed by atoms with van der Waals surface area (Å²) in [5, 5.41) is 4.12. The van der Waals surface area contributed by atoms with Crippen molar-refractivity contribution < 1.29 is 4.21 Å². The van der Waals surface area contributed by atoms with Crippen LogP contribution in [0, 0.1) is 0 Å². The molecule has 1 unspecified atom stereocenters. The minimum absolute atomic E-state index is 0.419. The number of aromatic nitrogens is 5. The number of nitrogens with one attached hydrogen (secondary N) is 1. The Hall–Kier alpha value is -2.48. The van der Waals surface area contributed by atoms with Crippen LogP contribution in [0.1, 0.15) is 0 Å². The number of fused-ring (bicyclic) bond motifs is 1. The summed E-state index contributed by atoms with van der Waals surface area (Å²) in [6, 6.07) is 7.69. The van der Waals surface area contributed by atoms with Crippen molar-refractivity contribution >= 4 is 27.5 Å². The van der Waals surface area contributed by atoms with Crippen LogP contribution in [0.4, 0.5) is 5.82 Å². The summed E-state index contributed by atoms with van der Waals surface area (Å²) >= 11 is 0. The maximum Gasteiger partial charge on any atom is 0.200 e. The first-order valence-electron chi connectivity index (χ1n) is 6.67. The SMILES string of the molecule is CS(=O)CCNc1nc(-c2ncncn2)nc2ccccc12. The summed E-state index contributed by atoms with van der Waals surface area (Å²) in [6.07, 6.45) is 4.50. The van der Waals surface area contributed by atoms with E-state index in [0.717, 1.165) is 10.9 Å². The topological polar surface area (TPSA) is 93.6 Å². The summed E-state index contributed by atoms with van der Waals surface area (Å²) in [7, 11) is -0.853. The number of benzene rings is 1. The molecule has 0 bridgehead atoms. The molecule has 1 atom stereocenters. The van der Waals surface area contributed by atoms with E-state index in [9.17, 15) is 4.21 Å². The number of para-hydroxylation sites is 1. The van der Waals surface area contributed by atoms with E-state index >= 15 is 0 Å². The first-order valence-corrected chi connectivity index (χ1v) is 8.40. The van der Waals surface area contributed by atoms with Crippen molar-refractivity contribution in [3.8, 4) is 11.6 Å². The van der Waals surface area contributed by atoms with Crippen molar-refractivity contribution in [1.29, 1.82) is 0 Å². The molecule has 2 heterocycles. The van der Waals surface area contributed by atoms with E-state index in [4.69, 9.17) is 0 Å². The summed E-state index contributed by atoms with van der Waals surface area (Å²) in [4.78, 5) is 20.9. The highest BCUT2D eigenvalue weighted by Gasteiger charge is 2.10. The Labute approximate surface area is 129 Å². The van der Waals surface area contributed by atoms with E-state index in [1.807, 2.05) is 24.3 Å². The van der Waals surface area contributed by atoms with E-state index < -0.39 is 10.8 Å². The van der Waals surface area contributed by atoms with Crippen molar-refractivity contribution in [2.24, 2.45) is 0 Å². The van der Waals surface area contributed by atoms with Crippen molar-refractivity contribution in [3.63, 3.8) is 0 Å². The van der Waals surface area contributed by atoms with Crippen LogP contribution >= 0.6 is 0 Å². The van der Waals surface area contributed by atoms with Gasteiger partial charge in [0.25, 0.3) is 0 Å². The van der Waals surface area contributed by atoms with Gasteiger partial charge in [-0.3, -0.25) is 4.21 Å². The van der Waals surface area contributed by atoms with Gasteiger partial charge in [-0.2, -0.15) is 0 Å². The van der Waals surface area contributed by atoms with E-state index in [2.05, 4.69) is 30.2 Å². The summed E-state index contributed by atoms with van der Waals surface area (Å²) in [5.41, 5.74) is 0.799. The van der Waals surface area contributed by atoms with Gasteiger partial charge >= 0.3 is 0 Å². The lowest BCUT2D eigenvalue weighted by molar-refractivity contribution is 0.687. The summed E-state index contributed by atoms with van der Waals surface area (Å²) in [6.45, 7) is 0.570. The lowest BCUT2D eigenvalue weighted by Gasteiger charge is -2.09. The number of hydrogen-bond donors (Lipinski definition) is 1. The van der Waals surface area contributed by atoms with Gasteiger partial charge in [0.15, 0.2) is 5.82 Å². The fourth-order valence-electron chi connectivity index (χ4n) is 1.98. The summed E-state index contributed by atoms with van der Waals surface area (Å²) in [5.74, 6) is 2.09. The van der Waals surface area contributed by atoms with Crippen molar-refractivity contribution in [1.82, 2.24) is 24.9 Å². The smallest absolute Gasteiger partial charge is 0.200 e. The summed E-state index contributed by atoms with van der Waals surface area (Å²) < 4.78 is 11.2. The average molecular weight is 314 g/mol. The molecule has 0 aliphatic rings. The van der Waals surface area contributed by atoms with E-state index in [1.54, 1.807) is 6.26 Å². The fraction of sp³-hybridized carbons (Fsp3) is 0.214. The molecule has 0 spiro atoms. The molecule has 0 aliphatic carbocycles. The number of anilines is 1. The molecule has 0 saturated heterocycles. The zero-order valence-corrected chi connectivity index (χ0v) is 12.7. The Bertz CT molecular complexity index is 811. The molecule has 2 aromatic heterocycles. The predicted octanol–water partition coefficient (Wildman–Crippen LogP) is 1.27. The van der Waals surface area contributed by atoms with E-state index in [0.29, 0.717) is 29.8 Å². The minimum atomic E-state index is -0.853. The Morgan fingerprint density at radius 1 is 1.09 bits per heavy atom. The Balaban J connectivity index is 2.02. The second-order valence-corrected chi connectivity index (χ2v) is 6.13. The molecule has 3 aromatic rings. The monoisotopic (exact) mass is 314 g/mol. The number of nitrogens with zero attached hydrogens (tertiary/aromatic N) is 5. The van der Waals surface area contributed by atoms with Crippen LogP contribution in [0.2, 0.25) is 0 Å². The standard InChI is InChI=1S/C14H14N6OS/c1-22(21)7-6-16-12-10-4-2-3-5-11(10)19-14(20-12)13-17-8-15-9-18-13/h2-5,8-9H,6-7H2,1H3,(H,16,19,20).